The van der Waals surface area contributed by atoms with E-state index in [1.807, 2.05) is 19.9 Å². The maximum Gasteiger partial charge on any atom is 0.261 e. The predicted octanol–water partition coefficient (Wildman–Crippen LogP) is 2.47. The van der Waals surface area contributed by atoms with Gasteiger partial charge in [-0.1, -0.05) is 6.07 Å². The lowest BCUT2D eigenvalue weighted by Gasteiger charge is -2.26. The van der Waals surface area contributed by atoms with Gasteiger partial charge in [-0.2, -0.15) is 0 Å². The van der Waals surface area contributed by atoms with Crippen molar-refractivity contribution in [3.63, 3.8) is 0 Å². The van der Waals surface area contributed by atoms with Gasteiger partial charge in [-0.15, -0.1) is 0 Å². The maximum absolute atomic E-state index is 12.6. The van der Waals surface area contributed by atoms with E-state index in [1.54, 1.807) is 29.2 Å². The van der Waals surface area contributed by atoms with Crippen molar-refractivity contribution in [2.24, 2.45) is 0 Å². The smallest absolute Gasteiger partial charge is 0.261 e. The van der Waals surface area contributed by atoms with Gasteiger partial charge in [0.15, 0.2) is 0 Å². The van der Waals surface area contributed by atoms with Crippen LogP contribution in [0.5, 0.6) is 0 Å². The fraction of sp³-hybridized carbons (Fsp3) is 0.278. The van der Waals surface area contributed by atoms with E-state index >= 15 is 0 Å². The number of benzene rings is 2. The Labute approximate surface area is 147 Å². The van der Waals surface area contributed by atoms with Crippen molar-refractivity contribution in [3.8, 4) is 0 Å². The summed E-state index contributed by atoms with van der Waals surface area (Å²) in [6.45, 7) is 4.82. The highest BCUT2D eigenvalue weighted by Crippen LogP contribution is 2.22. The van der Waals surface area contributed by atoms with Crippen LogP contribution in [0.25, 0.3) is 0 Å². The summed E-state index contributed by atoms with van der Waals surface area (Å²) >= 11 is 0. The Kier molecular flexibility index (Phi) is 4.78. The average Bonchev–Trinajstić information content (AvgIpc) is 2.54. The third-order valence-corrected chi connectivity index (χ3v) is 5.32. The molecule has 1 N–H and O–H groups in total. The summed E-state index contributed by atoms with van der Waals surface area (Å²) in [5.41, 5.74) is 3.17. The quantitative estimate of drug-likeness (QED) is 0.909. The highest BCUT2D eigenvalue weighted by Gasteiger charge is 2.21. The number of carbonyl (C=O) groups is 1. The Morgan fingerprint density at radius 2 is 1.68 bits per heavy atom. The number of ether oxygens (including phenoxy) is 1. The molecule has 1 fully saturated rings. The predicted molar refractivity (Wildman–Crippen MR) is 96.3 cm³/mol. The number of hydrogen-bond donors (Lipinski definition) is 1. The lowest BCUT2D eigenvalue weighted by molar-refractivity contribution is -0.125. The second kappa shape index (κ2) is 6.85. The number of carbonyl (C=O) groups excluding carboxylic acids is 1. The summed E-state index contributed by atoms with van der Waals surface area (Å²) in [5, 5.41) is 0. The zero-order chi connectivity index (χ0) is 18.0. The normalized spacial score (nSPS) is 15.3. The number of amides is 1. The van der Waals surface area contributed by atoms with Crippen LogP contribution >= 0.6 is 0 Å². The minimum absolute atomic E-state index is 0.0499. The summed E-state index contributed by atoms with van der Waals surface area (Å²) in [6.07, 6.45) is 0. The first kappa shape index (κ1) is 17.4. The second-order valence-electron chi connectivity index (χ2n) is 6.07. The second-order valence-corrected chi connectivity index (χ2v) is 7.76. The summed E-state index contributed by atoms with van der Waals surface area (Å²) < 4.78 is 32.8. The molecule has 0 radical (unpaired) electrons. The van der Waals surface area contributed by atoms with Crippen molar-refractivity contribution in [1.82, 2.24) is 0 Å². The van der Waals surface area contributed by atoms with Crippen LogP contribution in [0.15, 0.2) is 47.4 Å². The van der Waals surface area contributed by atoms with Crippen molar-refractivity contribution in [2.75, 3.05) is 29.4 Å². The van der Waals surface area contributed by atoms with E-state index in [0.717, 1.165) is 11.1 Å². The molecule has 1 aliphatic heterocycles. The van der Waals surface area contributed by atoms with Crippen LogP contribution in [-0.2, 0) is 19.6 Å². The molecule has 0 bridgehead atoms. The van der Waals surface area contributed by atoms with Crippen LogP contribution in [0.1, 0.15) is 11.1 Å². The van der Waals surface area contributed by atoms with E-state index < -0.39 is 10.0 Å². The summed E-state index contributed by atoms with van der Waals surface area (Å²) in [4.78, 5) is 13.6. The van der Waals surface area contributed by atoms with Gasteiger partial charge in [-0.3, -0.25) is 9.52 Å². The van der Waals surface area contributed by atoms with Crippen LogP contribution in [0, 0.1) is 13.8 Å². The minimum atomic E-state index is -3.69. The van der Waals surface area contributed by atoms with Gasteiger partial charge in [-0.05, 0) is 61.4 Å². The molecule has 6 nitrogen and oxygen atoms in total. The zero-order valence-corrected chi connectivity index (χ0v) is 15.0. The third-order valence-electron chi connectivity index (χ3n) is 3.92. The number of morpholine rings is 1. The van der Waals surface area contributed by atoms with Crippen LogP contribution < -0.4 is 9.62 Å². The highest BCUT2D eigenvalue weighted by atomic mass is 32.2. The van der Waals surface area contributed by atoms with E-state index in [0.29, 0.717) is 24.5 Å². The Balaban J connectivity index is 1.81. The first-order valence-corrected chi connectivity index (χ1v) is 9.43. The van der Waals surface area contributed by atoms with Crippen molar-refractivity contribution in [2.45, 2.75) is 18.7 Å². The Hall–Kier alpha value is -2.38. The summed E-state index contributed by atoms with van der Waals surface area (Å²) in [7, 11) is -3.69. The number of anilines is 2. The molecule has 0 aliphatic carbocycles. The Morgan fingerprint density at radius 1 is 1.04 bits per heavy atom. The van der Waals surface area contributed by atoms with E-state index in [-0.39, 0.29) is 17.4 Å². The number of nitrogens with one attached hydrogen (secondary N) is 1. The number of aryl methyl sites for hydroxylation is 2. The number of rotatable bonds is 4. The van der Waals surface area contributed by atoms with E-state index in [4.69, 9.17) is 4.74 Å². The van der Waals surface area contributed by atoms with Gasteiger partial charge < -0.3 is 9.64 Å². The molecule has 7 heteroatoms. The number of hydrogen-bond acceptors (Lipinski definition) is 4. The molecule has 1 heterocycles. The lowest BCUT2D eigenvalue weighted by Crippen LogP contribution is -2.41. The van der Waals surface area contributed by atoms with Crippen LogP contribution in [0.3, 0.4) is 0 Å². The number of sulfonamides is 1. The molecule has 0 spiro atoms. The van der Waals surface area contributed by atoms with Crippen molar-refractivity contribution in [1.29, 1.82) is 0 Å². The molecule has 0 saturated carbocycles. The fourth-order valence-corrected chi connectivity index (χ4v) is 3.88. The molecule has 25 heavy (non-hydrogen) atoms. The van der Waals surface area contributed by atoms with Crippen molar-refractivity contribution < 1.29 is 17.9 Å². The van der Waals surface area contributed by atoms with E-state index in [1.165, 1.54) is 12.1 Å². The Morgan fingerprint density at radius 3 is 2.28 bits per heavy atom. The van der Waals surface area contributed by atoms with Gasteiger partial charge in [0.25, 0.3) is 15.9 Å². The molecule has 2 aromatic rings. The molecule has 0 atom stereocenters. The van der Waals surface area contributed by atoms with Crippen molar-refractivity contribution in [3.05, 3.63) is 53.6 Å². The molecule has 3 rings (SSSR count). The molecule has 132 valence electrons. The van der Waals surface area contributed by atoms with E-state index in [9.17, 15) is 13.2 Å². The van der Waals surface area contributed by atoms with Gasteiger partial charge in [0.05, 0.1) is 11.5 Å². The highest BCUT2D eigenvalue weighted by molar-refractivity contribution is 7.92. The largest absolute Gasteiger partial charge is 0.370 e. The van der Waals surface area contributed by atoms with Gasteiger partial charge >= 0.3 is 0 Å². The summed E-state index contributed by atoms with van der Waals surface area (Å²) in [6, 6.07) is 11.8. The van der Waals surface area contributed by atoms with Gasteiger partial charge in [0, 0.05) is 17.9 Å². The van der Waals surface area contributed by atoms with Crippen molar-refractivity contribution >= 4 is 27.3 Å². The topological polar surface area (TPSA) is 75.7 Å². The average molecular weight is 360 g/mol. The van der Waals surface area contributed by atoms with Gasteiger partial charge in [0.2, 0.25) is 0 Å². The molecule has 1 saturated heterocycles. The fourth-order valence-electron chi connectivity index (χ4n) is 2.84. The molecule has 0 aromatic heterocycles. The molecule has 1 aliphatic rings. The molecule has 1 amide bonds. The van der Waals surface area contributed by atoms with E-state index in [2.05, 4.69) is 4.72 Å². The van der Waals surface area contributed by atoms with Crippen LogP contribution in [-0.4, -0.2) is 34.1 Å². The van der Waals surface area contributed by atoms with Gasteiger partial charge in [0.1, 0.15) is 6.61 Å². The molecular weight excluding hydrogens is 340 g/mol. The summed E-state index contributed by atoms with van der Waals surface area (Å²) in [5.74, 6) is -0.129. The monoisotopic (exact) mass is 360 g/mol. The molecular formula is C18H20N2O4S. The standard InChI is InChI=1S/C18H20N2O4S/c1-13-9-14(2)11-15(10-13)19-25(22,23)17-5-3-16(4-6-17)20-7-8-24-12-18(20)21/h3-6,9-11,19H,7-8,12H2,1-2H3. The minimum Gasteiger partial charge on any atom is -0.370 e. The van der Waals surface area contributed by atoms with Crippen LogP contribution in [0.4, 0.5) is 11.4 Å². The molecule has 0 unspecified atom stereocenters. The zero-order valence-electron chi connectivity index (χ0n) is 14.2. The lowest BCUT2D eigenvalue weighted by atomic mass is 10.1. The third kappa shape index (κ3) is 4.00. The van der Waals surface area contributed by atoms with Gasteiger partial charge in [-0.25, -0.2) is 8.42 Å². The SMILES string of the molecule is Cc1cc(C)cc(NS(=O)(=O)c2ccc(N3CCOCC3=O)cc2)c1. The maximum atomic E-state index is 12.6. The Bertz CT molecular complexity index is 872. The first-order chi connectivity index (χ1) is 11.8. The molecule has 2 aromatic carbocycles. The first-order valence-electron chi connectivity index (χ1n) is 7.94. The van der Waals surface area contributed by atoms with Crippen LogP contribution in [0.2, 0.25) is 0 Å². The number of nitrogens with zero attached hydrogens (tertiary/aromatic N) is 1.